The minimum absolute atomic E-state index is 0. The summed E-state index contributed by atoms with van der Waals surface area (Å²) >= 11 is 0. The molecule has 1 aliphatic carbocycles. The third-order valence-corrected chi connectivity index (χ3v) is 13.6. The molecule has 5 aromatic rings. The van der Waals surface area contributed by atoms with Gasteiger partial charge in [0.25, 0.3) is 0 Å². The summed E-state index contributed by atoms with van der Waals surface area (Å²) < 4.78 is 0. The van der Waals surface area contributed by atoms with Crippen LogP contribution in [0.25, 0.3) is 27.1 Å². The van der Waals surface area contributed by atoms with Crippen molar-refractivity contribution in [1.29, 1.82) is 0 Å². The Morgan fingerprint density at radius 1 is 0.714 bits per heavy atom. The molecule has 42 heavy (non-hydrogen) atoms. The average molecular weight is 771 g/mol. The maximum atomic E-state index is 2.53. The van der Waals surface area contributed by atoms with Gasteiger partial charge in [0, 0.05) is 25.8 Å². The van der Waals surface area contributed by atoms with E-state index in [4.69, 9.17) is 0 Å². The zero-order chi connectivity index (χ0) is 27.2. The molecule has 1 aliphatic heterocycles. The second kappa shape index (κ2) is 11.4. The first-order valence-corrected chi connectivity index (χ1v) is 16.4. The summed E-state index contributed by atoms with van der Waals surface area (Å²) in [5.41, 5.74) is 6.09. The number of allylic oxidation sites excluding steroid dienone is 4. The van der Waals surface area contributed by atoms with Crippen LogP contribution in [-0.4, -0.2) is 8.07 Å². The molecule has 0 spiro atoms. The number of benzene rings is 4. The Kier molecular flexibility index (Phi) is 8.93. The number of fused-ring (bicyclic) bond motifs is 5. The monoisotopic (exact) mass is 771 g/mol. The predicted octanol–water partition coefficient (Wildman–Crippen LogP) is 1.35. The molecule has 0 saturated carbocycles. The Labute approximate surface area is 283 Å². The average Bonchev–Trinajstić information content (AvgIpc) is 3.22. The molecule has 1 heterocycles. The molecule has 0 N–H and O–H groups in total. The van der Waals surface area contributed by atoms with Gasteiger partial charge >= 0.3 is 0 Å². The van der Waals surface area contributed by atoms with Crippen molar-refractivity contribution in [3.63, 3.8) is 0 Å². The van der Waals surface area contributed by atoms with E-state index in [1.165, 1.54) is 48.6 Å². The molecule has 5 aromatic carbocycles. The van der Waals surface area contributed by atoms with Gasteiger partial charge in [-0.25, -0.2) is 0 Å². The molecule has 0 radical (unpaired) electrons. The van der Waals surface area contributed by atoms with Crippen LogP contribution in [0.3, 0.4) is 0 Å². The first-order chi connectivity index (χ1) is 18.6. The molecule has 0 fully saturated rings. The van der Waals surface area contributed by atoms with E-state index in [0.29, 0.717) is 0 Å². The van der Waals surface area contributed by atoms with Crippen molar-refractivity contribution in [1.82, 2.24) is 0 Å². The normalized spacial score (nSPS) is 15.0. The molecule has 2 aliphatic rings. The van der Waals surface area contributed by atoms with Crippen molar-refractivity contribution in [2.24, 2.45) is 0 Å². The van der Waals surface area contributed by atoms with Gasteiger partial charge in [0.2, 0.25) is 0 Å². The maximum absolute atomic E-state index is 2.53. The third kappa shape index (κ3) is 4.78. The SMILES string of the molecule is CC(C)(C)c1ccc2c(c1)[cH-]c1c(C3=CC=CC3)c(C(C)(C)C)c3c(c12)[Si]3(c1ccccc1)c1ccccc1.[Cl-].[Cl-].[Hf]. The summed E-state index contributed by atoms with van der Waals surface area (Å²) in [6.45, 7) is 14.2. The van der Waals surface area contributed by atoms with Gasteiger partial charge in [-0.2, -0.15) is 0 Å². The fraction of sp³-hybridized carbons (Fsp3) is 0.237. The standard InChI is InChI=1S/C38H37Si.2ClH.Hf/c1-37(2,3)27-21-22-30-26(23-27)24-31-32(25-15-13-14-16-25)34(38(4,5)6)36-35(33(30)31)39(36,28-17-9-7-10-18-28)29-19-11-8-12-20-29;;;/h7-15,17-24H,16H2,1-6H3;2*1H;/q-1;;;/p-2. The largest absolute Gasteiger partial charge is 1.00 e. The van der Waals surface area contributed by atoms with Gasteiger partial charge in [0.05, 0.1) is 0 Å². The van der Waals surface area contributed by atoms with Crippen molar-refractivity contribution >= 4 is 55.9 Å². The fourth-order valence-electron chi connectivity index (χ4n) is 7.22. The Balaban J connectivity index is 0.00000135. The molecule has 7 rings (SSSR count). The molecule has 0 saturated heterocycles. The molecule has 4 heteroatoms. The predicted molar refractivity (Wildman–Crippen MR) is 173 cm³/mol. The van der Waals surface area contributed by atoms with Gasteiger partial charge in [0.15, 0.2) is 8.07 Å². The molecular formula is C38H37Cl2HfSi-3. The van der Waals surface area contributed by atoms with E-state index in [9.17, 15) is 0 Å². The van der Waals surface area contributed by atoms with Crippen LogP contribution in [0.4, 0.5) is 0 Å². The summed E-state index contributed by atoms with van der Waals surface area (Å²) in [6, 6.07) is 32.7. The molecule has 214 valence electrons. The van der Waals surface area contributed by atoms with E-state index in [1.54, 1.807) is 15.9 Å². The zero-order valence-corrected chi connectivity index (χ0v) is 31.4. The Morgan fingerprint density at radius 3 is 1.81 bits per heavy atom. The van der Waals surface area contributed by atoms with Crippen LogP contribution in [0.1, 0.15) is 64.7 Å². The van der Waals surface area contributed by atoms with Crippen LogP contribution in [0.15, 0.2) is 103 Å². The maximum Gasteiger partial charge on any atom is 0.171 e. The minimum atomic E-state index is -2.32. The number of rotatable bonds is 3. The van der Waals surface area contributed by atoms with E-state index < -0.39 is 8.07 Å². The summed E-state index contributed by atoms with van der Waals surface area (Å²) in [5.74, 6) is 0. The molecule has 0 aromatic heterocycles. The van der Waals surface area contributed by atoms with Crippen molar-refractivity contribution in [3.8, 4) is 0 Å². The van der Waals surface area contributed by atoms with Crippen LogP contribution in [0.5, 0.6) is 0 Å². The first kappa shape index (κ1) is 32.8. The molecule has 0 amide bonds. The van der Waals surface area contributed by atoms with Crippen molar-refractivity contribution in [3.05, 3.63) is 120 Å². The van der Waals surface area contributed by atoms with Gasteiger partial charge in [-0.1, -0.05) is 165 Å². The molecule has 0 nitrogen and oxygen atoms in total. The number of hydrogen-bond donors (Lipinski definition) is 0. The molecule has 0 bridgehead atoms. The fourth-order valence-corrected chi connectivity index (χ4v) is 12.8. The summed E-state index contributed by atoms with van der Waals surface area (Å²) in [4.78, 5) is 0. The quantitative estimate of drug-likeness (QED) is 0.189. The number of hydrogen-bond acceptors (Lipinski definition) is 0. The van der Waals surface area contributed by atoms with Gasteiger partial charge < -0.3 is 24.8 Å². The molecule has 0 unspecified atom stereocenters. The van der Waals surface area contributed by atoms with E-state index in [2.05, 4.69) is 145 Å². The van der Waals surface area contributed by atoms with Crippen LogP contribution >= 0.6 is 0 Å². The minimum Gasteiger partial charge on any atom is -1.00 e. The van der Waals surface area contributed by atoms with Crippen LogP contribution < -0.4 is 45.6 Å². The van der Waals surface area contributed by atoms with Gasteiger partial charge in [-0.3, -0.25) is 0 Å². The third-order valence-electron chi connectivity index (χ3n) is 8.97. The Bertz CT molecular complexity index is 1790. The van der Waals surface area contributed by atoms with E-state index >= 15 is 0 Å². The van der Waals surface area contributed by atoms with E-state index in [1.807, 2.05) is 0 Å². The second-order valence-electron chi connectivity index (χ2n) is 13.5. The Hall–Kier alpha value is -2.10. The van der Waals surface area contributed by atoms with Crippen LogP contribution in [0.2, 0.25) is 0 Å². The van der Waals surface area contributed by atoms with Crippen LogP contribution in [0, 0.1) is 0 Å². The van der Waals surface area contributed by atoms with E-state index in [-0.39, 0.29) is 61.5 Å². The molecule has 0 atom stereocenters. The summed E-state index contributed by atoms with van der Waals surface area (Å²) in [6.07, 6.45) is 7.94. The van der Waals surface area contributed by atoms with Gasteiger partial charge in [-0.15, -0.1) is 33.7 Å². The van der Waals surface area contributed by atoms with Crippen molar-refractivity contribution < 1.29 is 50.7 Å². The van der Waals surface area contributed by atoms with Crippen molar-refractivity contribution in [2.45, 2.75) is 58.8 Å². The van der Waals surface area contributed by atoms with Gasteiger partial charge in [-0.05, 0) is 27.6 Å². The first-order valence-electron chi connectivity index (χ1n) is 14.4. The smallest absolute Gasteiger partial charge is 0.171 e. The summed E-state index contributed by atoms with van der Waals surface area (Å²) in [5, 5.41) is 12.1. The zero-order valence-electron chi connectivity index (χ0n) is 25.3. The topological polar surface area (TPSA) is 0 Å². The van der Waals surface area contributed by atoms with Gasteiger partial charge in [0.1, 0.15) is 0 Å². The van der Waals surface area contributed by atoms with E-state index in [0.717, 1.165) is 6.42 Å². The number of halogens is 2. The second-order valence-corrected chi connectivity index (χ2v) is 17.2. The Morgan fingerprint density at radius 2 is 1.31 bits per heavy atom. The molecular weight excluding hydrogens is 734 g/mol. The van der Waals surface area contributed by atoms with Crippen molar-refractivity contribution in [2.75, 3.05) is 0 Å². The van der Waals surface area contributed by atoms with Crippen LogP contribution in [-0.2, 0) is 36.7 Å². The summed E-state index contributed by atoms with van der Waals surface area (Å²) in [7, 11) is -2.32.